The van der Waals surface area contributed by atoms with Crippen molar-refractivity contribution in [3.05, 3.63) is 29.3 Å². The highest BCUT2D eigenvalue weighted by atomic mass is 16.5. The number of nitrogens with one attached hydrogen (secondary N) is 1. The highest BCUT2D eigenvalue weighted by molar-refractivity contribution is 5.40. The van der Waals surface area contributed by atoms with E-state index in [2.05, 4.69) is 12.2 Å². The summed E-state index contributed by atoms with van der Waals surface area (Å²) in [6.07, 6.45) is -0.396. The molecule has 2 N–H and O–H groups in total. The van der Waals surface area contributed by atoms with E-state index < -0.39 is 6.10 Å². The Kier molecular flexibility index (Phi) is 2.44. The highest BCUT2D eigenvalue weighted by Gasteiger charge is 2.22. The van der Waals surface area contributed by atoms with Crippen molar-refractivity contribution < 1.29 is 9.84 Å². The first kappa shape index (κ1) is 9.49. The topological polar surface area (TPSA) is 41.5 Å². The molecule has 0 spiro atoms. The second kappa shape index (κ2) is 3.59. The Balaban J connectivity index is 2.45. The summed E-state index contributed by atoms with van der Waals surface area (Å²) < 4.78 is 5.15. The van der Waals surface area contributed by atoms with Crippen LogP contribution < -0.4 is 10.1 Å². The lowest BCUT2D eigenvalue weighted by atomic mass is 9.93. The molecule has 14 heavy (non-hydrogen) atoms. The molecule has 1 heterocycles. The molecule has 3 nitrogen and oxygen atoms in total. The Morgan fingerprint density at radius 1 is 1.43 bits per heavy atom. The van der Waals surface area contributed by atoms with Crippen LogP contribution in [0.15, 0.2) is 18.2 Å². The van der Waals surface area contributed by atoms with E-state index >= 15 is 0 Å². The first-order valence-corrected chi connectivity index (χ1v) is 4.81. The number of β-amino-alcohol motifs (C(OH)–C–C–N with tert-alkyl or cyclic N) is 1. The van der Waals surface area contributed by atoms with Gasteiger partial charge in [-0.25, -0.2) is 0 Å². The quantitative estimate of drug-likeness (QED) is 0.708. The zero-order chi connectivity index (χ0) is 10.1. The molecular weight excluding hydrogens is 178 g/mol. The molecule has 76 valence electrons. The summed E-state index contributed by atoms with van der Waals surface area (Å²) in [4.78, 5) is 0. The van der Waals surface area contributed by atoms with Crippen LogP contribution in [-0.2, 0) is 0 Å². The van der Waals surface area contributed by atoms with Crippen LogP contribution in [0.4, 0.5) is 0 Å². The first-order chi connectivity index (χ1) is 6.72. The van der Waals surface area contributed by atoms with Gasteiger partial charge in [-0.15, -0.1) is 0 Å². The first-order valence-electron chi connectivity index (χ1n) is 4.81. The van der Waals surface area contributed by atoms with E-state index in [0.29, 0.717) is 6.54 Å². The van der Waals surface area contributed by atoms with E-state index in [1.807, 2.05) is 18.2 Å². The number of hydrogen-bond acceptors (Lipinski definition) is 3. The molecule has 1 aliphatic heterocycles. The predicted molar refractivity (Wildman–Crippen MR) is 54.4 cm³/mol. The number of ether oxygens (including phenoxy) is 1. The molecule has 2 rings (SSSR count). The van der Waals surface area contributed by atoms with Gasteiger partial charge in [0, 0.05) is 12.6 Å². The third kappa shape index (κ3) is 1.49. The summed E-state index contributed by atoms with van der Waals surface area (Å²) in [5.74, 6) is 0.839. The van der Waals surface area contributed by atoms with Gasteiger partial charge in [0.15, 0.2) is 0 Å². The third-order valence-electron chi connectivity index (χ3n) is 2.74. The van der Waals surface area contributed by atoms with Gasteiger partial charge < -0.3 is 15.2 Å². The van der Waals surface area contributed by atoms with Crippen LogP contribution in [0.5, 0.6) is 5.75 Å². The molecule has 2 atom stereocenters. The van der Waals surface area contributed by atoms with E-state index in [1.165, 1.54) is 0 Å². The van der Waals surface area contributed by atoms with Gasteiger partial charge in [-0.05, 0) is 30.2 Å². The van der Waals surface area contributed by atoms with Gasteiger partial charge in [0.2, 0.25) is 0 Å². The number of fused-ring (bicyclic) bond motifs is 1. The largest absolute Gasteiger partial charge is 0.497 e. The summed E-state index contributed by atoms with van der Waals surface area (Å²) in [5, 5.41) is 13.0. The van der Waals surface area contributed by atoms with Crippen LogP contribution >= 0.6 is 0 Å². The lowest BCUT2D eigenvalue weighted by Gasteiger charge is -2.28. The fourth-order valence-electron chi connectivity index (χ4n) is 1.87. The van der Waals surface area contributed by atoms with Crippen molar-refractivity contribution >= 4 is 0 Å². The van der Waals surface area contributed by atoms with Crippen LogP contribution in [0.2, 0.25) is 0 Å². The Morgan fingerprint density at radius 2 is 2.21 bits per heavy atom. The van der Waals surface area contributed by atoms with Gasteiger partial charge in [-0.3, -0.25) is 0 Å². The van der Waals surface area contributed by atoms with Crippen molar-refractivity contribution in [3.63, 3.8) is 0 Å². The minimum Gasteiger partial charge on any atom is -0.497 e. The number of hydrogen-bond donors (Lipinski definition) is 2. The molecule has 0 saturated carbocycles. The molecule has 1 aromatic rings. The van der Waals surface area contributed by atoms with Crippen molar-refractivity contribution in [1.82, 2.24) is 5.32 Å². The molecule has 0 amide bonds. The number of aliphatic hydroxyl groups excluding tert-OH is 1. The second-order valence-corrected chi connectivity index (χ2v) is 3.64. The monoisotopic (exact) mass is 193 g/mol. The molecule has 0 bridgehead atoms. The molecule has 1 aromatic carbocycles. The number of methoxy groups -OCH3 is 1. The summed E-state index contributed by atoms with van der Waals surface area (Å²) in [6.45, 7) is 2.71. The van der Waals surface area contributed by atoms with E-state index in [9.17, 15) is 5.11 Å². The van der Waals surface area contributed by atoms with E-state index in [-0.39, 0.29) is 6.04 Å². The van der Waals surface area contributed by atoms with Crippen LogP contribution in [0, 0.1) is 0 Å². The maximum atomic E-state index is 9.74. The second-order valence-electron chi connectivity index (χ2n) is 3.64. The third-order valence-corrected chi connectivity index (χ3v) is 2.74. The van der Waals surface area contributed by atoms with Gasteiger partial charge in [0.25, 0.3) is 0 Å². The van der Waals surface area contributed by atoms with E-state index in [0.717, 1.165) is 16.9 Å². The Bertz CT molecular complexity index is 338. The maximum absolute atomic E-state index is 9.74. The van der Waals surface area contributed by atoms with Crippen LogP contribution in [0.1, 0.15) is 30.2 Å². The number of benzene rings is 1. The minimum absolute atomic E-state index is 0.281. The average Bonchev–Trinajstić information content (AvgIpc) is 2.23. The average molecular weight is 193 g/mol. The van der Waals surface area contributed by atoms with Crippen LogP contribution in [-0.4, -0.2) is 18.8 Å². The Labute approximate surface area is 83.7 Å². The summed E-state index contributed by atoms with van der Waals surface area (Å²) in [5.41, 5.74) is 2.14. The molecule has 0 fully saturated rings. The van der Waals surface area contributed by atoms with E-state index in [4.69, 9.17) is 4.74 Å². The predicted octanol–water partition coefficient (Wildman–Crippen LogP) is 1.39. The van der Waals surface area contributed by atoms with Gasteiger partial charge in [-0.1, -0.05) is 6.07 Å². The fourth-order valence-corrected chi connectivity index (χ4v) is 1.87. The van der Waals surface area contributed by atoms with E-state index in [1.54, 1.807) is 7.11 Å². The van der Waals surface area contributed by atoms with Gasteiger partial charge in [0.1, 0.15) is 5.75 Å². The highest BCUT2D eigenvalue weighted by Crippen LogP contribution is 2.31. The zero-order valence-corrected chi connectivity index (χ0v) is 8.45. The van der Waals surface area contributed by atoms with Gasteiger partial charge >= 0.3 is 0 Å². The number of rotatable bonds is 1. The van der Waals surface area contributed by atoms with Crippen molar-refractivity contribution in [2.45, 2.75) is 19.1 Å². The van der Waals surface area contributed by atoms with Crippen molar-refractivity contribution in [2.75, 3.05) is 13.7 Å². The Hall–Kier alpha value is -1.06. The number of aliphatic hydroxyl groups is 1. The lowest BCUT2D eigenvalue weighted by molar-refractivity contribution is 0.158. The van der Waals surface area contributed by atoms with Gasteiger partial charge in [0.05, 0.1) is 13.2 Å². The van der Waals surface area contributed by atoms with Crippen molar-refractivity contribution in [3.8, 4) is 5.75 Å². The summed E-state index contributed by atoms with van der Waals surface area (Å²) in [7, 11) is 1.65. The summed E-state index contributed by atoms with van der Waals surface area (Å²) in [6, 6.07) is 6.09. The summed E-state index contributed by atoms with van der Waals surface area (Å²) >= 11 is 0. The Morgan fingerprint density at radius 3 is 2.93 bits per heavy atom. The molecular formula is C11H15NO2. The van der Waals surface area contributed by atoms with Crippen LogP contribution in [0.3, 0.4) is 0 Å². The smallest absolute Gasteiger partial charge is 0.119 e. The molecule has 0 unspecified atom stereocenters. The van der Waals surface area contributed by atoms with Crippen molar-refractivity contribution in [1.29, 1.82) is 0 Å². The molecule has 3 heteroatoms. The fraction of sp³-hybridized carbons (Fsp3) is 0.455. The normalized spacial score (nSPS) is 25.6. The zero-order valence-electron chi connectivity index (χ0n) is 8.45. The van der Waals surface area contributed by atoms with Crippen molar-refractivity contribution in [2.24, 2.45) is 0 Å². The minimum atomic E-state index is -0.396. The standard InChI is InChI=1S/C11H15NO2/c1-7-10-5-8(14-2)3-4-9(10)11(13)6-12-7/h3-5,7,11-13H,6H2,1-2H3/t7-,11-/m0/s1. The molecule has 0 aliphatic carbocycles. The molecule has 0 radical (unpaired) electrons. The van der Waals surface area contributed by atoms with Gasteiger partial charge in [-0.2, -0.15) is 0 Å². The molecule has 0 saturated heterocycles. The van der Waals surface area contributed by atoms with Crippen LogP contribution in [0.25, 0.3) is 0 Å². The SMILES string of the molecule is COc1ccc2c(c1)[C@H](C)NC[C@@H]2O. The molecule has 1 aliphatic rings. The maximum Gasteiger partial charge on any atom is 0.119 e. The molecule has 0 aromatic heterocycles. The lowest BCUT2D eigenvalue weighted by Crippen LogP contribution is -2.31.